The second-order valence-electron chi connectivity index (χ2n) is 3.42. The van der Waals surface area contributed by atoms with Crippen molar-refractivity contribution in [3.05, 3.63) is 31.0 Å². The molecular weight excluding hydrogens is 218 g/mol. The third kappa shape index (κ3) is 1.50. The Bertz CT molecular complexity index is 650. The van der Waals surface area contributed by atoms with Crippen molar-refractivity contribution in [2.45, 2.75) is 0 Å². The number of pyridine rings is 1. The van der Waals surface area contributed by atoms with E-state index in [1.54, 1.807) is 38.1 Å². The monoisotopic (exact) mass is 227 g/mol. The summed E-state index contributed by atoms with van der Waals surface area (Å²) in [5.74, 6) is 0.473. The number of fused-ring (bicyclic) bond motifs is 1. The molecule has 0 unspecified atom stereocenters. The SMILES string of the molecule is COc1ncc(-c2cn[nH]c2)c2nccnc12. The molecule has 17 heavy (non-hydrogen) atoms. The van der Waals surface area contributed by atoms with Gasteiger partial charge in [-0.25, -0.2) is 9.97 Å². The molecule has 0 atom stereocenters. The van der Waals surface area contributed by atoms with Crippen LogP contribution in [0.5, 0.6) is 5.88 Å². The van der Waals surface area contributed by atoms with E-state index in [2.05, 4.69) is 25.1 Å². The number of nitrogens with one attached hydrogen (secondary N) is 1. The summed E-state index contributed by atoms with van der Waals surface area (Å²) in [4.78, 5) is 12.8. The molecular formula is C11H9N5O. The van der Waals surface area contributed by atoms with Gasteiger partial charge < -0.3 is 4.74 Å². The number of aromatic amines is 1. The van der Waals surface area contributed by atoms with Crippen LogP contribution in [0.25, 0.3) is 22.2 Å². The molecule has 0 saturated heterocycles. The van der Waals surface area contributed by atoms with Crippen molar-refractivity contribution in [1.82, 2.24) is 25.1 Å². The average Bonchev–Trinajstić information content (AvgIpc) is 2.91. The van der Waals surface area contributed by atoms with E-state index in [0.29, 0.717) is 11.4 Å². The minimum Gasteiger partial charge on any atom is -0.479 e. The lowest BCUT2D eigenvalue weighted by molar-refractivity contribution is 0.402. The normalized spacial score (nSPS) is 10.6. The molecule has 0 spiro atoms. The van der Waals surface area contributed by atoms with Crippen LogP contribution in [-0.2, 0) is 0 Å². The molecule has 1 N–H and O–H groups in total. The van der Waals surface area contributed by atoms with E-state index in [0.717, 1.165) is 16.6 Å². The first-order valence-electron chi connectivity index (χ1n) is 5.03. The van der Waals surface area contributed by atoms with Crippen LogP contribution >= 0.6 is 0 Å². The zero-order valence-electron chi connectivity index (χ0n) is 9.08. The van der Waals surface area contributed by atoms with Gasteiger partial charge in [0.2, 0.25) is 5.88 Å². The molecule has 0 aromatic carbocycles. The van der Waals surface area contributed by atoms with Crippen LogP contribution in [0.15, 0.2) is 31.0 Å². The number of methoxy groups -OCH3 is 1. The highest BCUT2D eigenvalue weighted by Gasteiger charge is 2.11. The van der Waals surface area contributed by atoms with Gasteiger partial charge in [0.15, 0.2) is 5.52 Å². The quantitative estimate of drug-likeness (QED) is 0.716. The molecule has 6 nitrogen and oxygen atoms in total. The molecule has 0 saturated carbocycles. The molecule has 3 aromatic heterocycles. The third-order valence-electron chi connectivity index (χ3n) is 2.47. The van der Waals surface area contributed by atoms with E-state index in [1.165, 1.54) is 0 Å². The van der Waals surface area contributed by atoms with Crippen molar-refractivity contribution in [3.63, 3.8) is 0 Å². The van der Waals surface area contributed by atoms with E-state index < -0.39 is 0 Å². The maximum atomic E-state index is 5.16. The molecule has 0 fully saturated rings. The Kier molecular flexibility index (Phi) is 2.18. The Labute approximate surface area is 96.7 Å². The van der Waals surface area contributed by atoms with Gasteiger partial charge in [0, 0.05) is 35.9 Å². The van der Waals surface area contributed by atoms with Gasteiger partial charge in [0.05, 0.1) is 13.3 Å². The fourth-order valence-electron chi connectivity index (χ4n) is 1.70. The van der Waals surface area contributed by atoms with Crippen molar-refractivity contribution in [2.24, 2.45) is 0 Å². The molecule has 3 heterocycles. The topological polar surface area (TPSA) is 76.6 Å². The van der Waals surface area contributed by atoms with Gasteiger partial charge in [0.1, 0.15) is 5.52 Å². The predicted molar refractivity (Wildman–Crippen MR) is 61.5 cm³/mol. The smallest absolute Gasteiger partial charge is 0.241 e. The number of ether oxygens (including phenoxy) is 1. The fraction of sp³-hybridized carbons (Fsp3) is 0.0909. The van der Waals surface area contributed by atoms with Crippen molar-refractivity contribution >= 4 is 11.0 Å². The third-order valence-corrected chi connectivity index (χ3v) is 2.47. The van der Waals surface area contributed by atoms with E-state index in [-0.39, 0.29) is 0 Å². The number of aromatic nitrogens is 5. The number of rotatable bonds is 2. The summed E-state index contributed by atoms with van der Waals surface area (Å²) in [7, 11) is 1.56. The minimum absolute atomic E-state index is 0.473. The first kappa shape index (κ1) is 9.71. The van der Waals surface area contributed by atoms with E-state index in [4.69, 9.17) is 4.74 Å². The summed E-state index contributed by atoms with van der Waals surface area (Å²) >= 11 is 0. The first-order valence-corrected chi connectivity index (χ1v) is 5.03. The number of nitrogens with zero attached hydrogens (tertiary/aromatic N) is 4. The summed E-state index contributed by atoms with van der Waals surface area (Å²) < 4.78 is 5.16. The maximum Gasteiger partial charge on any atom is 0.241 e. The second-order valence-corrected chi connectivity index (χ2v) is 3.42. The summed E-state index contributed by atoms with van der Waals surface area (Å²) in [5, 5.41) is 6.68. The van der Waals surface area contributed by atoms with Crippen molar-refractivity contribution in [2.75, 3.05) is 7.11 Å². The largest absolute Gasteiger partial charge is 0.479 e. The Morgan fingerprint density at radius 3 is 2.59 bits per heavy atom. The molecule has 0 aliphatic heterocycles. The van der Waals surface area contributed by atoms with Gasteiger partial charge in [-0.15, -0.1) is 0 Å². The van der Waals surface area contributed by atoms with Crippen LogP contribution in [0.2, 0.25) is 0 Å². The van der Waals surface area contributed by atoms with Gasteiger partial charge in [0.25, 0.3) is 0 Å². The Hall–Kier alpha value is -2.50. The number of H-pyrrole nitrogens is 1. The van der Waals surface area contributed by atoms with E-state index >= 15 is 0 Å². The van der Waals surface area contributed by atoms with Crippen LogP contribution in [0.4, 0.5) is 0 Å². The molecule has 0 amide bonds. The number of hydrogen-bond donors (Lipinski definition) is 1. The molecule has 3 aromatic rings. The van der Waals surface area contributed by atoms with Crippen molar-refractivity contribution in [1.29, 1.82) is 0 Å². The fourth-order valence-corrected chi connectivity index (χ4v) is 1.70. The van der Waals surface area contributed by atoms with Gasteiger partial charge in [-0.3, -0.25) is 10.1 Å². The standard InChI is InChI=1S/C11H9N5O/c1-17-11-10-9(12-2-3-13-10)8(6-14-11)7-4-15-16-5-7/h2-6H,1H3,(H,15,16). The first-order chi connectivity index (χ1) is 8.40. The van der Waals surface area contributed by atoms with E-state index in [1.807, 2.05) is 0 Å². The molecule has 0 aliphatic rings. The van der Waals surface area contributed by atoms with Crippen LogP contribution in [0, 0.1) is 0 Å². The highest BCUT2D eigenvalue weighted by atomic mass is 16.5. The van der Waals surface area contributed by atoms with Crippen LogP contribution in [-0.4, -0.2) is 32.3 Å². The second kappa shape index (κ2) is 3.82. The highest BCUT2D eigenvalue weighted by molar-refractivity contribution is 5.92. The predicted octanol–water partition coefficient (Wildman–Crippen LogP) is 1.42. The highest BCUT2D eigenvalue weighted by Crippen LogP contribution is 2.28. The zero-order valence-corrected chi connectivity index (χ0v) is 9.08. The zero-order chi connectivity index (χ0) is 11.7. The summed E-state index contributed by atoms with van der Waals surface area (Å²) in [6, 6.07) is 0. The van der Waals surface area contributed by atoms with Crippen molar-refractivity contribution in [3.8, 4) is 17.0 Å². The minimum atomic E-state index is 0.473. The van der Waals surface area contributed by atoms with Crippen LogP contribution in [0.1, 0.15) is 0 Å². The Morgan fingerprint density at radius 2 is 1.88 bits per heavy atom. The molecule has 0 radical (unpaired) electrons. The summed E-state index contributed by atoms with van der Waals surface area (Å²) in [5.41, 5.74) is 3.20. The average molecular weight is 227 g/mol. The summed E-state index contributed by atoms with van der Waals surface area (Å²) in [6.45, 7) is 0. The van der Waals surface area contributed by atoms with Crippen LogP contribution in [0.3, 0.4) is 0 Å². The molecule has 0 aliphatic carbocycles. The molecule has 84 valence electrons. The lowest BCUT2D eigenvalue weighted by Crippen LogP contribution is -1.94. The lowest BCUT2D eigenvalue weighted by Gasteiger charge is -2.05. The molecule has 0 bridgehead atoms. The van der Waals surface area contributed by atoms with Crippen LogP contribution < -0.4 is 4.74 Å². The molecule has 3 rings (SSSR count). The van der Waals surface area contributed by atoms with Crippen molar-refractivity contribution < 1.29 is 4.74 Å². The van der Waals surface area contributed by atoms with Gasteiger partial charge in [-0.2, -0.15) is 5.10 Å². The lowest BCUT2D eigenvalue weighted by atomic mass is 10.1. The van der Waals surface area contributed by atoms with E-state index in [9.17, 15) is 0 Å². The number of hydrogen-bond acceptors (Lipinski definition) is 5. The van der Waals surface area contributed by atoms with Gasteiger partial charge in [-0.05, 0) is 0 Å². The summed E-state index contributed by atoms with van der Waals surface area (Å²) in [6.07, 6.45) is 8.48. The van der Waals surface area contributed by atoms with Gasteiger partial charge >= 0.3 is 0 Å². The molecule has 6 heteroatoms. The Balaban J connectivity index is 2.34. The maximum absolute atomic E-state index is 5.16. The van der Waals surface area contributed by atoms with Gasteiger partial charge in [-0.1, -0.05) is 0 Å². The Morgan fingerprint density at radius 1 is 1.06 bits per heavy atom.